The Hall–Kier alpha value is -2.32. The molecule has 1 N–H and O–H groups in total. The van der Waals surface area contributed by atoms with E-state index in [1.165, 1.54) is 12.1 Å². The van der Waals surface area contributed by atoms with E-state index in [2.05, 4.69) is 33.1 Å². The number of benzene rings is 2. The monoisotopic (exact) mass is 375 g/mol. The lowest BCUT2D eigenvalue weighted by Crippen LogP contribution is -2.24. The first-order valence-electron chi connectivity index (χ1n) is 7.03. The largest absolute Gasteiger partial charge is 0.445 e. The molecule has 0 fully saturated rings. The number of ether oxygens (including phenoxy) is 1. The Kier molecular flexibility index (Phi) is 6.64. The third kappa shape index (κ3) is 6.54. The summed E-state index contributed by atoms with van der Waals surface area (Å²) < 4.78 is 18.9. The fourth-order valence-electron chi connectivity index (χ4n) is 1.79. The topological polar surface area (TPSA) is 38.3 Å². The highest BCUT2D eigenvalue weighted by Crippen LogP contribution is 2.13. The van der Waals surface area contributed by atoms with Crippen molar-refractivity contribution in [1.29, 1.82) is 0 Å². The summed E-state index contributed by atoms with van der Waals surface area (Å²) in [4.78, 5) is 11.5. The molecule has 0 saturated carbocycles. The van der Waals surface area contributed by atoms with Crippen molar-refractivity contribution in [2.75, 3.05) is 6.54 Å². The van der Waals surface area contributed by atoms with Crippen molar-refractivity contribution in [1.82, 2.24) is 5.32 Å². The number of amides is 1. The Morgan fingerprint density at radius 2 is 2.00 bits per heavy atom. The summed E-state index contributed by atoms with van der Waals surface area (Å²) in [5.41, 5.74) is 1.52. The first-order chi connectivity index (χ1) is 11.1. The van der Waals surface area contributed by atoms with Crippen molar-refractivity contribution in [3.8, 4) is 11.8 Å². The number of halogens is 2. The Balaban J connectivity index is 1.69. The molecule has 0 saturated heterocycles. The minimum Gasteiger partial charge on any atom is -0.445 e. The first-order valence-corrected chi connectivity index (χ1v) is 7.82. The van der Waals surface area contributed by atoms with Gasteiger partial charge in [0.2, 0.25) is 0 Å². The van der Waals surface area contributed by atoms with Gasteiger partial charge in [-0.2, -0.15) is 0 Å². The molecule has 2 rings (SSSR count). The molecule has 0 heterocycles. The highest BCUT2D eigenvalue weighted by atomic mass is 79.9. The quantitative estimate of drug-likeness (QED) is 0.640. The Labute approximate surface area is 143 Å². The van der Waals surface area contributed by atoms with Crippen LogP contribution in [0.5, 0.6) is 0 Å². The molecular formula is C18H15BrFNO2. The van der Waals surface area contributed by atoms with Gasteiger partial charge in [-0.05, 0) is 23.8 Å². The summed E-state index contributed by atoms with van der Waals surface area (Å²) in [6.45, 7) is 0.604. The maximum Gasteiger partial charge on any atom is 0.407 e. The van der Waals surface area contributed by atoms with Crippen LogP contribution in [0, 0.1) is 17.7 Å². The van der Waals surface area contributed by atoms with Gasteiger partial charge in [0.05, 0.1) is 0 Å². The summed E-state index contributed by atoms with van der Waals surface area (Å²) >= 11 is 3.21. The number of hydrogen-bond donors (Lipinski definition) is 1. The van der Waals surface area contributed by atoms with Crippen LogP contribution in [0.15, 0.2) is 53.0 Å². The fourth-order valence-corrected chi connectivity index (χ4v) is 2.26. The molecule has 3 nitrogen and oxygen atoms in total. The molecule has 1 amide bonds. The van der Waals surface area contributed by atoms with Crippen molar-refractivity contribution < 1.29 is 13.9 Å². The van der Waals surface area contributed by atoms with E-state index in [0.29, 0.717) is 23.0 Å². The lowest BCUT2D eigenvalue weighted by Gasteiger charge is -2.05. The van der Waals surface area contributed by atoms with Gasteiger partial charge in [0, 0.05) is 23.0 Å². The van der Waals surface area contributed by atoms with Gasteiger partial charge in [-0.25, -0.2) is 9.18 Å². The zero-order chi connectivity index (χ0) is 16.5. The molecule has 0 atom stereocenters. The van der Waals surface area contributed by atoms with Crippen LogP contribution in [-0.4, -0.2) is 12.6 Å². The van der Waals surface area contributed by atoms with Crippen LogP contribution in [0.2, 0.25) is 0 Å². The summed E-state index contributed by atoms with van der Waals surface area (Å²) in [5.74, 6) is 5.38. The normalized spacial score (nSPS) is 9.65. The molecule has 0 spiro atoms. The van der Waals surface area contributed by atoms with E-state index in [-0.39, 0.29) is 12.4 Å². The van der Waals surface area contributed by atoms with Crippen LogP contribution in [0.3, 0.4) is 0 Å². The van der Waals surface area contributed by atoms with Gasteiger partial charge in [0.15, 0.2) is 0 Å². The van der Waals surface area contributed by atoms with E-state index in [4.69, 9.17) is 4.74 Å². The van der Waals surface area contributed by atoms with Crippen molar-refractivity contribution in [2.45, 2.75) is 13.0 Å². The molecule has 0 aliphatic rings. The third-order valence-electron chi connectivity index (χ3n) is 2.83. The SMILES string of the molecule is O=C(NCCC#Cc1cc(F)cc(Br)c1)OCc1ccccc1. The van der Waals surface area contributed by atoms with Crippen LogP contribution in [0.4, 0.5) is 9.18 Å². The summed E-state index contributed by atoms with van der Waals surface area (Å²) in [7, 11) is 0. The molecule has 0 radical (unpaired) electrons. The van der Waals surface area contributed by atoms with Gasteiger partial charge in [0.25, 0.3) is 0 Å². The molecular weight excluding hydrogens is 361 g/mol. The Morgan fingerprint density at radius 3 is 2.74 bits per heavy atom. The van der Waals surface area contributed by atoms with Gasteiger partial charge >= 0.3 is 6.09 Å². The van der Waals surface area contributed by atoms with Gasteiger partial charge in [-0.1, -0.05) is 58.1 Å². The molecule has 0 aromatic heterocycles. The molecule has 5 heteroatoms. The van der Waals surface area contributed by atoms with Gasteiger partial charge in [0.1, 0.15) is 12.4 Å². The van der Waals surface area contributed by atoms with E-state index in [1.807, 2.05) is 30.3 Å². The van der Waals surface area contributed by atoms with Crippen molar-refractivity contribution in [3.05, 3.63) is 69.9 Å². The predicted octanol–water partition coefficient (Wildman–Crippen LogP) is 4.26. The lowest BCUT2D eigenvalue weighted by atomic mass is 10.2. The number of hydrogen-bond acceptors (Lipinski definition) is 2. The number of alkyl carbamates (subject to hydrolysis) is 1. The molecule has 2 aromatic carbocycles. The van der Waals surface area contributed by atoms with E-state index in [9.17, 15) is 9.18 Å². The summed E-state index contributed by atoms with van der Waals surface area (Å²) in [6, 6.07) is 13.9. The van der Waals surface area contributed by atoms with E-state index >= 15 is 0 Å². The van der Waals surface area contributed by atoms with Crippen molar-refractivity contribution in [2.24, 2.45) is 0 Å². The minimum absolute atomic E-state index is 0.232. The maximum absolute atomic E-state index is 13.2. The minimum atomic E-state index is -0.482. The molecule has 23 heavy (non-hydrogen) atoms. The van der Waals surface area contributed by atoms with Crippen molar-refractivity contribution in [3.63, 3.8) is 0 Å². The van der Waals surface area contributed by atoms with Crippen LogP contribution in [-0.2, 0) is 11.3 Å². The molecule has 118 valence electrons. The van der Waals surface area contributed by atoms with Gasteiger partial charge < -0.3 is 10.1 Å². The van der Waals surface area contributed by atoms with Crippen molar-refractivity contribution >= 4 is 22.0 Å². The van der Waals surface area contributed by atoms with Crippen LogP contribution >= 0.6 is 15.9 Å². The third-order valence-corrected chi connectivity index (χ3v) is 3.29. The van der Waals surface area contributed by atoms with Crippen LogP contribution in [0.1, 0.15) is 17.5 Å². The Morgan fingerprint density at radius 1 is 1.22 bits per heavy atom. The highest BCUT2D eigenvalue weighted by molar-refractivity contribution is 9.10. The molecule has 0 aliphatic carbocycles. The second-order valence-electron chi connectivity index (χ2n) is 4.70. The Bertz CT molecular complexity index is 703. The number of carbonyl (C=O) groups is 1. The second kappa shape index (κ2) is 8.96. The number of carbonyl (C=O) groups excluding carboxylic acids is 1. The number of nitrogens with one attached hydrogen (secondary N) is 1. The van der Waals surface area contributed by atoms with Gasteiger partial charge in [-0.3, -0.25) is 0 Å². The smallest absolute Gasteiger partial charge is 0.407 e. The zero-order valence-electron chi connectivity index (χ0n) is 12.3. The zero-order valence-corrected chi connectivity index (χ0v) is 13.9. The molecule has 0 bridgehead atoms. The lowest BCUT2D eigenvalue weighted by molar-refractivity contribution is 0.140. The number of rotatable bonds is 4. The first kappa shape index (κ1) is 17.0. The van der Waals surface area contributed by atoms with Gasteiger partial charge in [-0.15, -0.1) is 0 Å². The molecule has 2 aromatic rings. The van der Waals surface area contributed by atoms with E-state index in [1.54, 1.807) is 6.07 Å². The van der Waals surface area contributed by atoms with E-state index < -0.39 is 6.09 Å². The predicted molar refractivity (Wildman–Crippen MR) is 90.2 cm³/mol. The highest BCUT2D eigenvalue weighted by Gasteiger charge is 2.00. The van der Waals surface area contributed by atoms with Crippen LogP contribution in [0.25, 0.3) is 0 Å². The molecule has 0 unspecified atom stereocenters. The van der Waals surface area contributed by atoms with E-state index in [0.717, 1.165) is 5.56 Å². The van der Waals surface area contributed by atoms with Crippen LogP contribution < -0.4 is 5.32 Å². The fraction of sp³-hybridized carbons (Fsp3) is 0.167. The summed E-state index contributed by atoms with van der Waals surface area (Å²) in [6.07, 6.45) is -0.0293. The average Bonchev–Trinajstić information content (AvgIpc) is 2.53. The standard InChI is InChI=1S/C18H15BrFNO2/c19-16-10-15(11-17(20)12-16)8-4-5-9-21-18(22)23-13-14-6-2-1-3-7-14/h1-3,6-7,10-12H,5,9,13H2,(H,21,22). The summed E-state index contributed by atoms with van der Waals surface area (Å²) in [5, 5.41) is 2.61. The maximum atomic E-state index is 13.2. The second-order valence-corrected chi connectivity index (χ2v) is 5.61. The average molecular weight is 376 g/mol. The molecule has 0 aliphatic heterocycles.